The molecule has 5 nitrogen and oxygen atoms in total. The molecule has 2 aromatic carbocycles. The van der Waals surface area contributed by atoms with Crippen LogP contribution in [0.4, 0.5) is 21.6 Å². The van der Waals surface area contributed by atoms with Gasteiger partial charge in [0.05, 0.1) is 0 Å². The van der Waals surface area contributed by atoms with Crippen LogP contribution in [0.25, 0.3) is 0 Å². The van der Waals surface area contributed by atoms with Crippen LogP contribution in [0.3, 0.4) is 0 Å². The van der Waals surface area contributed by atoms with Crippen molar-refractivity contribution in [1.82, 2.24) is 10.2 Å². The predicted molar refractivity (Wildman–Crippen MR) is 95.9 cm³/mol. The van der Waals surface area contributed by atoms with E-state index >= 15 is 0 Å². The summed E-state index contributed by atoms with van der Waals surface area (Å²) in [5.41, 5.74) is 2.21. The first-order valence-corrected chi connectivity index (χ1v) is 7.83. The minimum atomic E-state index is -0.379. The van der Waals surface area contributed by atoms with Crippen LogP contribution >= 0.6 is 11.6 Å². The molecule has 0 bridgehead atoms. The summed E-state index contributed by atoms with van der Waals surface area (Å²) in [6.07, 6.45) is 0. The monoisotopic (exact) mass is 356 g/mol. The van der Waals surface area contributed by atoms with Crippen LogP contribution in [0, 0.1) is 12.7 Å². The summed E-state index contributed by atoms with van der Waals surface area (Å²) in [7, 11) is 0. The van der Waals surface area contributed by atoms with Gasteiger partial charge in [-0.05, 0) is 61.0 Å². The molecule has 7 heteroatoms. The van der Waals surface area contributed by atoms with Gasteiger partial charge in [-0.1, -0.05) is 17.7 Å². The van der Waals surface area contributed by atoms with E-state index in [-0.39, 0.29) is 17.4 Å². The van der Waals surface area contributed by atoms with E-state index < -0.39 is 0 Å². The van der Waals surface area contributed by atoms with Gasteiger partial charge in [0.15, 0.2) is 11.5 Å². The maximum Gasteiger partial charge on any atom is 0.276 e. The van der Waals surface area contributed by atoms with E-state index in [1.807, 2.05) is 6.92 Å². The molecular weight excluding hydrogens is 343 g/mol. The fourth-order valence-corrected chi connectivity index (χ4v) is 2.41. The molecule has 0 atom stereocenters. The number of nitrogens with one attached hydrogen (secondary N) is 2. The molecule has 25 heavy (non-hydrogen) atoms. The van der Waals surface area contributed by atoms with Crippen molar-refractivity contribution in [3.05, 3.63) is 76.7 Å². The van der Waals surface area contributed by atoms with E-state index in [0.29, 0.717) is 22.2 Å². The summed E-state index contributed by atoms with van der Waals surface area (Å²) in [5, 5.41) is 14.1. The van der Waals surface area contributed by atoms with Gasteiger partial charge >= 0.3 is 0 Å². The highest BCUT2D eigenvalue weighted by Gasteiger charge is 2.10. The fourth-order valence-electron chi connectivity index (χ4n) is 2.19. The average Bonchev–Trinajstić information content (AvgIpc) is 2.58. The number of anilines is 3. The van der Waals surface area contributed by atoms with E-state index in [4.69, 9.17) is 11.6 Å². The number of carbonyl (C=O) groups excluding carboxylic acids is 1. The number of benzene rings is 2. The lowest BCUT2D eigenvalue weighted by Crippen LogP contribution is -2.15. The zero-order valence-corrected chi connectivity index (χ0v) is 14.0. The Morgan fingerprint density at radius 2 is 1.92 bits per heavy atom. The van der Waals surface area contributed by atoms with Crippen molar-refractivity contribution in [3.8, 4) is 0 Å². The molecule has 0 spiro atoms. The van der Waals surface area contributed by atoms with Gasteiger partial charge in [0.25, 0.3) is 5.91 Å². The van der Waals surface area contributed by atoms with Gasteiger partial charge in [0.1, 0.15) is 5.82 Å². The molecule has 0 radical (unpaired) electrons. The third-order valence-corrected chi connectivity index (χ3v) is 3.67. The number of nitrogens with zero attached hydrogens (tertiary/aromatic N) is 2. The Morgan fingerprint density at radius 3 is 2.60 bits per heavy atom. The van der Waals surface area contributed by atoms with Crippen molar-refractivity contribution in [2.75, 3.05) is 10.6 Å². The summed E-state index contributed by atoms with van der Waals surface area (Å²) in [4.78, 5) is 12.2. The average molecular weight is 357 g/mol. The molecular formula is C18H14ClFN4O. The van der Waals surface area contributed by atoms with Crippen LogP contribution < -0.4 is 10.6 Å². The molecule has 1 amide bonds. The van der Waals surface area contributed by atoms with Gasteiger partial charge in [0.2, 0.25) is 0 Å². The van der Waals surface area contributed by atoms with Crippen molar-refractivity contribution in [2.24, 2.45) is 0 Å². The normalized spacial score (nSPS) is 10.4. The first-order chi connectivity index (χ1) is 12.0. The Labute approximate surface area is 148 Å². The maximum absolute atomic E-state index is 13.2. The zero-order valence-electron chi connectivity index (χ0n) is 13.3. The minimum Gasteiger partial charge on any atom is -0.339 e. The molecule has 126 valence electrons. The molecule has 0 aliphatic carbocycles. The summed E-state index contributed by atoms with van der Waals surface area (Å²) >= 11 is 5.90. The molecule has 0 saturated heterocycles. The van der Waals surface area contributed by atoms with Gasteiger partial charge < -0.3 is 10.6 Å². The molecule has 1 aromatic heterocycles. The molecule has 3 aromatic rings. The number of halogens is 2. The van der Waals surface area contributed by atoms with E-state index in [1.54, 1.807) is 36.4 Å². The standard InChI is InChI=1S/C18H14ClFN4O/c1-11-9-12(19)5-6-15(11)22-18(25)16-7-8-17(24-23-16)21-14-4-2-3-13(20)10-14/h2-10H,1H3,(H,21,24)(H,22,25). The van der Waals surface area contributed by atoms with Crippen LogP contribution in [0.5, 0.6) is 0 Å². The topological polar surface area (TPSA) is 66.9 Å². The number of rotatable bonds is 4. The van der Waals surface area contributed by atoms with Crippen LogP contribution in [-0.2, 0) is 0 Å². The van der Waals surface area contributed by atoms with Crippen LogP contribution in [0.2, 0.25) is 5.02 Å². The molecule has 1 heterocycles. The summed E-state index contributed by atoms with van der Waals surface area (Å²) in [5.74, 6) is -0.327. The molecule has 0 fully saturated rings. The Hall–Kier alpha value is -2.99. The minimum absolute atomic E-state index is 0.166. The number of hydrogen-bond acceptors (Lipinski definition) is 4. The highest BCUT2D eigenvalue weighted by molar-refractivity contribution is 6.30. The number of aryl methyl sites for hydroxylation is 1. The highest BCUT2D eigenvalue weighted by atomic mass is 35.5. The SMILES string of the molecule is Cc1cc(Cl)ccc1NC(=O)c1ccc(Nc2cccc(F)c2)nn1. The molecule has 2 N–H and O–H groups in total. The maximum atomic E-state index is 13.2. The summed E-state index contributed by atoms with van der Waals surface area (Å²) in [6, 6.07) is 14.3. The largest absolute Gasteiger partial charge is 0.339 e. The second kappa shape index (κ2) is 7.27. The highest BCUT2D eigenvalue weighted by Crippen LogP contribution is 2.20. The van der Waals surface area contributed by atoms with Crippen LogP contribution in [0.1, 0.15) is 16.1 Å². The number of amides is 1. The van der Waals surface area contributed by atoms with E-state index in [0.717, 1.165) is 5.56 Å². The Morgan fingerprint density at radius 1 is 1.08 bits per heavy atom. The van der Waals surface area contributed by atoms with Crippen molar-refractivity contribution >= 4 is 34.7 Å². The second-order valence-corrected chi connectivity index (χ2v) is 5.79. The van der Waals surface area contributed by atoms with E-state index in [2.05, 4.69) is 20.8 Å². The lowest BCUT2D eigenvalue weighted by atomic mass is 10.2. The van der Waals surface area contributed by atoms with Crippen molar-refractivity contribution in [3.63, 3.8) is 0 Å². The molecule has 0 aliphatic heterocycles. The van der Waals surface area contributed by atoms with Gasteiger partial charge in [-0.2, -0.15) is 0 Å². The number of aromatic nitrogens is 2. The van der Waals surface area contributed by atoms with E-state index in [9.17, 15) is 9.18 Å². The molecule has 0 aliphatic rings. The molecule has 0 unspecified atom stereocenters. The summed E-state index contributed by atoms with van der Waals surface area (Å²) in [6.45, 7) is 1.85. The van der Waals surface area contributed by atoms with Gasteiger partial charge in [0, 0.05) is 16.4 Å². The smallest absolute Gasteiger partial charge is 0.276 e. The predicted octanol–water partition coefficient (Wildman–Crippen LogP) is 4.57. The Bertz CT molecular complexity index is 915. The Kier molecular flexibility index (Phi) is 4.90. The number of carbonyl (C=O) groups is 1. The third kappa shape index (κ3) is 4.30. The fraction of sp³-hybridized carbons (Fsp3) is 0.0556. The molecule has 0 saturated carbocycles. The molecule has 3 rings (SSSR count). The van der Waals surface area contributed by atoms with E-state index in [1.165, 1.54) is 18.2 Å². The zero-order chi connectivity index (χ0) is 17.8. The van der Waals surface area contributed by atoms with Gasteiger partial charge in [-0.15, -0.1) is 10.2 Å². The van der Waals surface area contributed by atoms with Crippen molar-refractivity contribution in [1.29, 1.82) is 0 Å². The summed E-state index contributed by atoms with van der Waals surface area (Å²) < 4.78 is 13.2. The first kappa shape index (κ1) is 16.9. The van der Waals surface area contributed by atoms with Crippen molar-refractivity contribution < 1.29 is 9.18 Å². The first-order valence-electron chi connectivity index (χ1n) is 7.45. The van der Waals surface area contributed by atoms with Crippen LogP contribution in [-0.4, -0.2) is 16.1 Å². The lowest BCUT2D eigenvalue weighted by Gasteiger charge is -2.09. The quantitative estimate of drug-likeness (QED) is 0.718. The van der Waals surface area contributed by atoms with Gasteiger partial charge in [-0.3, -0.25) is 4.79 Å². The lowest BCUT2D eigenvalue weighted by molar-refractivity contribution is 0.102. The Balaban J connectivity index is 1.70. The third-order valence-electron chi connectivity index (χ3n) is 3.43. The van der Waals surface area contributed by atoms with Gasteiger partial charge in [-0.25, -0.2) is 4.39 Å². The van der Waals surface area contributed by atoms with Crippen LogP contribution in [0.15, 0.2) is 54.6 Å². The number of hydrogen-bond donors (Lipinski definition) is 2. The second-order valence-electron chi connectivity index (χ2n) is 5.35. The van der Waals surface area contributed by atoms with Crippen molar-refractivity contribution in [2.45, 2.75) is 6.92 Å².